The van der Waals surface area contributed by atoms with Gasteiger partial charge in [0, 0.05) is 5.56 Å². The van der Waals surface area contributed by atoms with E-state index in [1.165, 1.54) is 0 Å². The van der Waals surface area contributed by atoms with Crippen LogP contribution in [0.15, 0.2) is 42.5 Å². The van der Waals surface area contributed by atoms with Crippen LogP contribution in [-0.2, 0) is 4.74 Å². The molecule has 0 aliphatic carbocycles. The van der Waals surface area contributed by atoms with Gasteiger partial charge in [-0.25, -0.2) is 4.79 Å². The molecule has 2 rings (SSSR count). The van der Waals surface area contributed by atoms with Gasteiger partial charge >= 0.3 is 6.09 Å². The molecule has 0 saturated heterocycles. The van der Waals surface area contributed by atoms with E-state index in [1.54, 1.807) is 0 Å². The van der Waals surface area contributed by atoms with E-state index in [0.29, 0.717) is 0 Å². The lowest BCUT2D eigenvalue weighted by molar-refractivity contribution is 0.117. The van der Waals surface area contributed by atoms with Crippen LogP contribution in [0.1, 0.15) is 18.6 Å². The lowest BCUT2D eigenvalue weighted by Gasteiger charge is -2.14. The average molecular weight is 215 g/mol. The number of carbonyl (C=O) groups is 1. The summed E-state index contributed by atoms with van der Waals surface area (Å²) in [5, 5.41) is 2.21. The minimum absolute atomic E-state index is 0.330. The van der Waals surface area contributed by atoms with Gasteiger partial charge in [-0.2, -0.15) is 0 Å². The van der Waals surface area contributed by atoms with Gasteiger partial charge in [-0.05, 0) is 17.7 Å². The predicted molar refractivity (Wildman–Crippen MR) is 63.0 cm³/mol. The fourth-order valence-electron chi connectivity index (χ4n) is 1.84. The summed E-state index contributed by atoms with van der Waals surface area (Å²) < 4.78 is 4.98. The van der Waals surface area contributed by atoms with Crippen LogP contribution < -0.4 is 5.73 Å². The van der Waals surface area contributed by atoms with E-state index < -0.39 is 6.09 Å². The van der Waals surface area contributed by atoms with E-state index in [0.717, 1.165) is 16.3 Å². The number of amides is 1. The molecule has 3 nitrogen and oxygen atoms in total. The van der Waals surface area contributed by atoms with Crippen molar-refractivity contribution in [1.82, 2.24) is 0 Å². The largest absolute Gasteiger partial charge is 0.442 e. The third-order valence-corrected chi connectivity index (χ3v) is 2.55. The van der Waals surface area contributed by atoms with Crippen LogP contribution in [0.2, 0.25) is 0 Å². The maximum Gasteiger partial charge on any atom is 0.405 e. The molecule has 2 aromatic carbocycles. The Morgan fingerprint density at radius 1 is 1.19 bits per heavy atom. The molecule has 0 heterocycles. The summed E-state index contributed by atoms with van der Waals surface area (Å²) >= 11 is 0. The molecule has 16 heavy (non-hydrogen) atoms. The first kappa shape index (κ1) is 10.5. The quantitative estimate of drug-likeness (QED) is 0.837. The van der Waals surface area contributed by atoms with Crippen molar-refractivity contribution in [3.63, 3.8) is 0 Å². The summed E-state index contributed by atoms with van der Waals surface area (Å²) in [4.78, 5) is 10.7. The molecule has 1 atom stereocenters. The summed E-state index contributed by atoms with van der Waals surface area (Å²) in [6.45, 7) is 1.81. The second kappa shape index (κ2) is 4.23. The van der Waals surface area contributed by atoms with Crippen molar-refractivity contribution in [2.24, 2.45) is 5.73 Å². The first-order valence-electron chi connectivity index (χ1n) is 5.12. The van der Waals surface area contributed by atoms with Crippen LogP contribution in [0.25, 0.3) is 10.8 Å². The van der Waals surface area contributed by atoms with E-state index in [4.69, 9.17) is 10.5 Å². The smallest absolute Gasteiger partial charge is 0.405 e. The summed E-state index contributed by atoms with van der Waals surface area (Å²) in [7, 11) is 0. The molecule has 0 radical (unpaired) electrons. The van der Waals surface area contributed by atoms with Crippen molar-refractivity contribution in [1.29, 1.82) is 0 Å². The lowest BCUT2D eigenvalue weighted by atomic mass is 10.0. The molecule has 0 spiro atoms. The van der Waals surface area contributed by atoms with E-state index in [1.807, 2.05) is 49.4 Å². The Balaban J connectivity index is 2.47. The van der Waals surface area contributed by atoms with E-state index in [9.17, 15) is 4.79 Å². The lowest BCUT2D eigenvalue weighted by Crippen LogP contribution is -2.15. The summed E-state index contributed by atoms with van der Waals surface area (Å²) in [5.74, 6) is 0. The van der Waals surface area contributed by atoms with Gasteiger partial charge < -0.3 is 10.5 Å². The zero-order chi connectivity index (χ0) is 11.5. The van der Waals surface area contributed by atoms with Crippen LogP contribution in [0.3, 0.4) is 0 Å². The molecule has 0 aliphatic heterocycles. The number of ether oxygens (including phenoxy) is 1. The number of hydrogen-bond acceptors (Lipinski definition) is 2. The molecule has 82 valence electrons. The summed E-state index contributed by atoms with van der Waals surface area (Å²) in [5.41, 5.74) is 5.98. The molecule has 0 saturated carbocycles. The zero-order valence-corrected chi connectivity index (χ0v) is 9.01. The third-order valence-electron chi connectivity index (χ3n) is 2.55. The minimum atomic E-state index is -0.750. The normalized spacial score (nSPS) is 12.3. The van der Waals surface area contributed by atoms with Crippen molar-refractivity contribution in [2.75, 3.05) is 0 Å². The molecule has 0 aromatic heterocycles. The fraction of sp³-hybridized carbons (Fsp3) is 0.154. The van der Waals surface area contributed by atoms with Crippen molar-refractivity contribution >= 4 is 16.9 Å². The van der Waals surface area contributed by atoms with Crippen molar-refractivity contribution < 1.29 is 9.53 Å². The molecule has 1 amide bonds. The molecule has 3 heteroatoms. The number of hydrogen-bond donors (Lipinski definition) is 1. The highest BCUT2D eigenvalue weighted by Gasteiger charge is 2.11. The number of fused-ring (bicyclic) bond motifs is 1. The van der Waals surface area contributed by atoms with Crippen LogP contribution in [0, 0.1) is 0 Å². The Bertz CT molecular complexity index is 517. The van der Waals surface area contributed by atoms with Gasteiger partial charge in [-0.15, -0.1) is 0 Å². The molecule has 0 aliphatic rings. The topological polar surface area (TPSA) is 52.3 Å². The number of nitrogens with two attached hydrogens (primary N) is 1. The standard InChI is InChI=1S/C13H13NO2/c1-9(16-13(14)15)11-8-4-6-10-5-2-3-7-12(10)11/h2-9H,1H3,(H2,14,15)/t9-/m0/s1. The molecule has 2 N–H and O–H groups in total. The van der Waals surface area contributed by atoms with Crippen molar-refractivity contribution in [2.45, 2.75) is 13.0 Å². The second-order valence-electron chi connectivity index (χ2n) is 3.65. The van der Waals surface area contributed by atoms with Crippen LogP contribution in [0.4, 0.5) is 4.79 Å². The van der Waals surface area contributed by atoms with Crippen LogP contribution in [-0.4, -0.2) is 6.09 Å². The Morgan fingerprint density at radius 3 is 2.62 bits per heavy atom. The molecule has 0 bridgehead atoms. The van der Waals surface area contributed by atoms with Gasteiger partial charge in [0.15, 0.2) is 0 Å². The van der Waals surface area contributed by atoms with Crippen LogP contribution >= 0.6 is 0 Å². The number of carbonyl (C=O) groups excluding carboxylic acids is 1. The second-order valence-corrected chi connectivity index (χ2v) is 3.65. The highest BCUT2D eigenvalue weighted by atomic mass is 16.6. The van der Waals surface area contributed by atoms with E-state index in [-0.39, 0.29) is 6.10 Å². The Labute approximate surface area is 93.8 Å². The van der Waals surface area contributed by atoms with Gasteiger partial charge in [-0.1, -0.05) is 42.5 Å². The molecule has 0 unspecified atom stereocenters. The van der Waals surface area contributed by atoms with Gasteiger partial charge in [0.1, 0.15) is 6.10 Å². The average Bonchev–Trinajstić information content (AvgIpc) is 2.27. The molecular formula is C13H13NO2. The molecule has 0 fully saturated rings. The molecule has 2 aromatic rings. The number of benzene rings is 2. The summed E-state index contributed by atoms with van der Waals surface area (Å²) in [6, 6.07) is 13.9. The van der Waals surface area contributed by atoms with E-state index in [2.05, 4.69) is 0 Å². The van der Waals surface area contributed by atoms with Gasteiger partial charge in [0.2, 0.25) is 0 Å². The highest BCUT2D eigenvalue weighted by molar-refractivity contribution is 5.86. The Morgan fingerprint density at radius 2 is 1.88 bits per heavy atom. The third kappa shape index (κ3) is 1.98. The first-order valence-corrected chi connectivity index (χ1v) is 5.12. The molecular weight excluding hydrogens is 202 g/mol. The highest BCUT2D eigenvalue weighted by Crippen LogP contribution is 2.25. The monoisotopic (exact) mass is 215 g/mol. The predicted octanol–water partition coefficient (Wildman–Crippen LogP) is 3.00. The fourth-order valence-corrected chi connectivity index (χ4v) is 1.84. The minimum Gasteiger partial charge on any atom is -0.442 e. The number of rotatable bonds is 2. The Hall–Kier alpha value is -2.03. The van der Waals surface area contributed by atoms with E-state index >= 15 is 0 Å². The van der Waals surface area contributed by atoms with Crippen molar-refractivity contribution in [3.05, 3.63) is 48.0 Å². The maximum absolute atomic E-state index is 10.7. The van der Waals surface area contributed by atoms with Crippen LogP contribution in [0.5, 0.6) is 0 Å². The van der Waals surface area contributed by atoms with Gasteiger partial charge in [0.05, 0.1) is 0 Å². The zero-order valence-electron chi connectivity index (χ0n) is 9.01. The number of primary amides is 1. The first-order chi connectivity index (χ1) is 7.68. The van der Waals surface area contributed by atoms with Gasteiger partial charge in [0.25, 0.3) is 0 Å². The summed E-state index contributed by atoms with van der Waals surface area (Å²) in [6.07, 6.45) is -1.08. The maximum atomic E-state index is 10.7. The van der Waals surface area contributed by atoms with Crippen molar-refractivity contribution in [3.8, 4) is 0 Å². The van der Waals surface area contributed by atoms with Gasteiger partial charge in [-0.3, -0.25) is 0 Å². The SMILES string of the molecule is C[C@H](OC(N)=O)c1cccc2ccccc12. The Kier molecular flexibility index (Phi) is 2.77.